The zero-order chi connectivity index (χ0) is 24.9. The van der Waals surface area contributed by atoms with Gasteiger partial charge in [-0.25, -0.2) is 9.36 Å². The normalized spacial score (nSPS) is 20.2. The van der Waals surface area contributed by atoms with Crippen molar-refractivity contribution in [2.75, 3.05) is 6.61 Å². The van der Waals surface area contributed by atoms with Crippen LogP contribution in [0.4, 0.5) is 0 Å². The van der Waals surface area contributed by atoms with Crippen LogP contribution in [0.25, 0.3) is 0 Å². The Morgan fingerprint density at radius 3 is 2.59 bits per heavy atom. The molecule has 3 rings (SSSR count). The van der Waals surface area contributed by atoms with Gasteiger partial charge in [0.1, 0.15) is 30.3 Å². The van der Waals surface area contributed by atoms with Gasteiger partial charge in [-0.05, 0) is 39.0 Å². The van der Waals surface area contributed by atoms with Crippen LogP contribution in [0, 0.1) is 0 Å². The lowest BCUT2D eigenvalue weighted by atomic mass is 10.3. The zero-order valence-electron chi connectivity index (χ0n) is 18.7. The monoisotopic (exact) mass is 495 g/mol. The van der Waals surface area contributed by atoms with E-state index >= 15 is 0 Å². The number of esters is 1. The fourth-order valence-electron chi connectivity index (χ4n) is 2.95. The van der Waals surface area contributed by atoms with Crippen molar-refractivity contribution < 1.29 is 33.0 Å². The van der Waals surface area contributed by atoms with E-state index in [0.29, 0.717) is 0 Å². The van der Waals surface area contributed by atoms with E-state index in [1.165, 1.54) is 19.2 Å². The van der Waals surface area contributed by atoms with Gasteiger partial charge in [-0.1, -0.05) is 18.2 Å². The summed E-state index contributed by atoms with van der Waals surface area (Å²) in [7, 11) is -4.14. The minimum Gasteiger partial charge on any atom is -0.469 e. The summed E-state index contributed by atoms with van der Waals surface area (Å²) in [5.41, 5.74) is -1.37. The number of carbonyl (C=O) groups excluding carboxylic acids is 1. The number of aromatic nitrogens is 2. The predicted octanol–water partition coefficient (Wildman–Crippen LogP) is 1.44. The number of benzene rings is 1. The van der Waals surface area contributed by atoms with Crippen molar-refractivity contribution >= 4 is 13.7 Å². The summed E-state index contributed by atoms with van der Waals surface area (Å²) >= 11 is 0. The van der Waals surface area contributed by atoms with Gasteiger partial charge in [0.05, 0.1) is 6.10 Å². The van der Waals surface area contributed by atoms with E-state index in [1.807, 2.05) is 0 Å². The molecule has 2 aromatic rings. The summed E-state index contributed by atoms with van der Waals surface area (Å²) in [6.07, 6.45) is -0.334. The van der Waals surface area contributed by atoms with Crippen molar-refractivity contribution in [3.05, 3.63) is 75.3 Å². The number of aliphatic hydroxyl groups excluding tert-OH is 1. The summed E-state index contributed by atoms with van der Waals surface area (Å²) in [6, 6.07) is 8.27. The number of aliphatic hydroxyl groups is 1. The van der Waals surface area contributed by atoms with Crippen LogP contribution >= 0.6 is 7.75 Å². The number of rotatable bonds is 10. The molecule has 184 valence electrons. The van der Waals surface area contributed by atoms with Gasteiger partial charge in [0.25, 0.3) is 5.56 Å². The van der Waals surface area contributed by atoms with Crippen molar-refractivity contribution in [3.63, 3.8) is 0 Å². The molecule has 1 aromatic carbocycles. The summed E-state index contributed by atoms with van der Waals surface area (Å²) in [5, 5.41) is 12.8. The van der Waals surface area contributed by atoms with Crippen molar-refractivity contribution in [1.29, 1.82) is 0 Å². The number of H-pyrrole nitrogens is 1. The Hall–Kier alpha value is -3.18. The standard InChI is InChI=1S/C21H26N3O9P/c1-13(2)31-20(27)14(3)23-34(29,33-15-7-5-4-6-8-15)30-12-16-11-17(25)19(32-16)24-10-9-18(26)22-21(24)28/h4-11,13-14,17,19,25H,12H2,1-3H3,(H,23,29)(H,22,26,28)/t14-,17+,19+,34-/m0/s1. The molecule has 1 aliphatic heterocycles. The topological polar surface area (TPSA) is 158 Å². The lowest BCUT2D eigenvalue weighted by Crippen LogP contribution is -2.36. The lowest BCUT2D eigenvalue weighted by molar-refractivity contribution is -0.149. The van der Waals surface area contributed by atoms with Gasteiger partial charge >= 0.3 is 19.4 Å². The summed E-state index contributed by atoms with van der Waals surface area (Å²) in [6.45, 7) is 4.39. The Labute approximate surface area is 194 Å². The largest absolute Gasteiger partial charge is 0.469 e. The van der Waals surface area contributed by atoms with Gasteiger partial charge in [0.15, 0.2) is 0 Å². The Morgan fingerprint density at radius 1 is 1.24 bits per heavy atom. The van der Waals surface area contributed by atoms with Gasteiger partial charge in [0.2, 0.25) is 6.23 Å². The maximum atomic E-state index is 13.5. The maximum absolute atomic E-state index is 13.5. The Bertz CT molecular complexity index is 1190. The first-order valence-electron chi connectivity index (χ1n) is 10.4. The van der Waals surface area contributed by atoms with Crippen LogP contribution in [-0.2, 0) is 23.4 Å². The number of para-hydroxylation sites is 1. The highest BCUT2D eigenvalue weighted by Crippen LogP contribution is 2.45. The molecule has 0 radical (unpaired) electrons. The van der Waals surface area contributed by atoms with Crippen LogP contribution in [0.15, 0.2) is 64.0 Å². The second-order valence-electron chi connectivity index (χ2n) is 7.66. The number of ether oxygens (including phenoxy) is 2. The molecule has 0 saturated heterocycles. The van der Waals surface area contributed by atoms with E-state index in [0.717, 1.165) is 10.6 Å². The van der Waals surface area contributed by atoms with E-state index < -0.39 is 49.9 Å². The Morgan fingerprint density at radius 2 is 1.94 bits per heavy atom. The first-order valence-corrected chi connectivity index (χ1v) is 11.9. The fraction of sp³-hybridized carbons (Fsp3) is 0.381. The van der Waals surface area contributed by atoms with Gasteiger partial charge in [-0.2, -0.15) is 5.09 Å². The number of carbonyl (C=O) groups is 1. The average molecular weight is 495 g/mol. The third kappa shape index (κ3) is 6.67. The molecule has 0 bridgehead atoms. The quantitative estimate of drug-likeness (QED) is 0.325. The molecular formula is C21H26N3O9P. The van der Waals surface area contributed by atoms with Crippen LogP contribution in [0.1, 0.15) is 27.0 Å². The van der Waals surface area contributed by atoms with Gasteiger partial charge in [-0.15, -0.1) is 0 Å². The summed E-state index contributed by atoms with van der Waals surface area (Å²) < 4.78 is 36.2. The molecule has 0 spiro atoms. The highest BCUT2D eigenvalue weighted by molar-refractivity contribution is 7.52. The number of hydrogen-bond acceptors (Lipinski definition) is 9. The molecule has 0 unspecified atom stereocenters. The molecule has 1 aliphatic rings. The van der Waals surface area contributed by atoms with Gasteiger partial charge in [0, 0.05) is 12.3 Å². The van der Waals surface area contributed by atoms with Crippen LogP contribution in [0.5, 0.6) is 5.75 Å². The Kier molecular flexibility index (Phi) is 8.11. The average Bonchev–Trinajstić information content (AvgIpc) is 3.13. The summed E-state index contributed by atoms with van der Waals surface area (Å²) in [4.78, 5) is 37.5. The highest BCUT2D eigenvalue weighted by atomic mass is 31.2. The number of aromatic amines is 1. The second kappa shape index (κ2) is 10.8. The molecule has 0 amide bonds. The maximum Gasteiger partial charge on any atom is 0.459 e. The summed E-state index contributed by atoms with van der Waals surface area (Å²) in [5.74, 6) is -0.367. The molecule has 1 aromatic heterocycles. The predicted molar refractivity (Wildman–Crippen MR) is 120 cm³/mol. The third-order valence-corrected chi connectivity index (χ3v) is 6.07. The smallest absolute Gasteiger partial charge is 0.459 e. The van der Waals surface area contributed by atoms with Gasteiger partial charge < -0.3 is 19.1 Å². The van der Waals surface area contributed by atoms with Crippen LogP contribution in [0.2, 0.25) is 0 Å². The van der Waals surface area contributed by atoms with E-state index in [-0.39, 0.29) is 17.6 Å². The second-order valence-corrected chi connectivity index (χ2v) is 9.35. The van der Waals surface area contributed by atoms with E-state index in [9.17, 15) is 24.1 Å². The molecule has 13 heteroatoms. The minimum atomic E-state index is -4.14. The molecule has 4 atom stereocenters. The fourth-order valence-corrected chi connectivity index (χ4v) is 4.41. The molecule has 34 heavy (non-hydrogen) atoms. The molecular weight excluding hydrogens is 469 g/mol. The van der Waals surface area contributed by atoms with E-state index in [2.05, 4.69) is 10.1 Å². The van der Waals surface area contributed by atoms with Crippen molar-refractivity contribution in [3.8, 4) is 5.75 Å². The molecule has 0 aliphatic carbocycles. The van der Waals surface area contributed by atoms with E-state index in [4.69, 9.17) is 18.5 Å². The molecule has 0 fully saturated rings. The number of nitrogens with zero attached hydrogens (tertiary/aromatic N) is 1. The Balaban J connectivity index is 1.72. The molecule has 12 nitrogen and oxygen atoms in total. The third-order valence-electron chi connectivity index (χ3n) is 4.45. The van der Waals surface area contributed by atoms with Crippen LogP contribution in [-0.4, -0.2) is 45.5 Å². The highest BCUT2D eigenvalue weighted by Gasteiger charge is 2.35. The van der Waals surface area contributed by atoms with Crippen molar-refractivity contribution in [2.24, 2.45) is 0 Å². The number of hydrogen-bond donors (Lipinski definition) is 3. The number of nitrogens with one attached hydrogen (secondary N) is 2. The van der Waals surface area contributed by atoms with Crippen molar-refractivity contribution in [2.45, 2.75) is 45.2 Å². The molecule has 2 heterocycles. The van der Waals surface area contributed by atoms with E-state index in [1.54, 1.807) is 44.2 Å². The lowest BCUT2D eigenvalue weighted by Gasteiger charge is -2.24. The first kappa shape index (κ1) is 25.4. The zero-order valence-corrected chi connectivity index (χ0v) is 19.6. The SMILES string of the molecule is CC(C)OC(=O)[C@H](C)N[P@](=O)(OCC1=C[C@@H](O)[C@H](n2ccc(=O)[nH]c2=O)O1)Oc1ccccc1. The van der Waals surface area contributed by atoms with Gasteiger partial charge in [-0.3, -0.25) is 23.7 Å². The molecule has 0 saturated carbocycles. The van der Waals surface area contributed by atoms with Crippen molar-refractivity contribution in [1.82, 2.24) is 14.6 Å². The first-order chi connectivity index (χ1) is 16.1. The van der Waals surface area contributed by atoms with Crippen LogP contribution < -0.4 is 20.9 Å². The molecule has 3 N–H and O–H groups in total. The minimum absolute atomic E-state index is 0.0618. The van der Waals surface area contributed by atoms with Crippen LogP contribution in [0.3, 0.4) is 0 Å².